The van der Waals surface area contributed by atoms with Crippen molar-refractivity contribution >= 4 is 0 Å². The van der Waals surface area contributed by atoms with Crippen LogP contribution in [-0.4, -0.2) is 0 Å². The van der Waals surface area contributed by atoms with Crippen LogP contribution in [0.5, 0.6) is 17.2 Å². The van der Waals surface area contributed by atoms with Crippen LogP contribution in [0.3, 0.4) is 0 Å². The van der Waals surface area contributed by atoms with E-state index in [0.717, 1.165) is 22.8 Å². The summed E-state index contributed by atoms with van der Waals surface area (Å²) in [7, 11) is 0. The van der Waals surface area contributed by atoms with Crippen molar-refractivity contribution in [2.45, 2.75) is 6.61 Å². The van der Waals surface area contributed by atoms with Gasteiger partial charge in [-0.1, -0.05) is 48.5 Å². The zero-order valence-corrected chi connectivity index (χ0v) is 11.5. The largest absolute Gasteiger partial charge is 0.489 e. The Labute approximate surface area is 124 Å². The van der Waals surface area contributed by atoms with Crippen LogP contribution in [0.25, 0.3) is 0 Å². The molecule has 3 rings (SSSR count). The van der Waals surface area contributed by atoms with E-state index in [2.05, 4.69) is 6.07 Å². The molecule has 0 saturated heterocycles. The molecule has 1 radical (unpaired) electrons. The van der Waals surface area contributed by atoms with Crippen LogP contribution in [0.4, 0.5) is 0 Å². The Balaban J connectivity index is 1.66. The number of hydrogen-bond acceptors (Lipinski definition) is 2. The first kappa shape index (κ1) is 13.3. The van der Waals surface area contributed by atoms with Gasteiger partial charge in [-0.15, -0.1) is 0 Å². The van der Waals surface area contributed by atoms with E-state index in [1.54, 1.807) is 0 Å². The quantitative estimate of drug-likeness (QED) is 0.662. The molecule has 0 aromatic heterocycles. The van der Waals surface area contributed by atoms with E-state index in [0.29, 0.717) is 6.61 Å². The molecule has 0 heterocycles. The van der Waals surface area contributed by atoms with Gasteiger partial charge in [0.2, 0.25) is 0 Å². The minimum atomic E-state index is 0.546. The van der Waals surface area contributed by atoms with Gasteiger partial charge >= 0.3 is 0 Å². The van der Waals surface area contributed by atoms with Gasteiger partial charge in [-0.2, -0.15) is 0 Å². The molecule has 0 N–H and O–H groups in total. The number of rotatable bonds is 5. The average Bonchev–Trinajstić information content (AvgIpc) is 2.55. The summed E-state index contributed by atoms with van der Waals surface area (Å²) in [6, 6.07) is 28.1. The second-order valence-corrected chi connectivity index (χ2v) is 4.59. The van der Waals surface area contributed by atoms with E-state index < -0.39 is 0 Å². The van der Waals surface area contributed by atoms with Crippen LogP contribution in [0.15, 0.2) is 78.9 Å². The van der Waals surface area contributed by atoms with Crippen molar-refractivity contribution in [3.63, 3.8) is 0 Å². The Morgan fingerprint density at radius 2 is 1.48 bits per heavy atom. The Kier molecular flexibility index (Phi) is 4.18. The zero-order valence-electron chi connectivity index (χ0n) is 11.5. The Morgan fingerprint density at radius 3 is 2.29 bits per heavy atom. The van der Waals surface area contributed by atoms with Gasteiger partial charge in [0, 0.05) is 6.07 Å². The predicted molar refractivity (Wildman–Crippen MR) is 82.6 cm³/mol. The summed E-state index contributed by atoms with van der Waals surface area (Å²) < 4.78 is 11.6. The minimum absolute atomic E-state index is 0.546. The molecule has 0 amide bonds. The van der Waals surface area contributed by atoms with Gasteiger partial charge in [0.15, 0.2) is 0 Å². The third kappa shape index (κ3) is 3.86. The molecular formula is C19H15O2. The lowest BCUT2D eigenvalue weighted by molar-refractivity contribution is 0.304. The van der Waals surface area contributed by atoms with Crippen molar-refractivity contribution in [3.8, 4) is 17.2 Å². The molecule has 0 aliphatic carbocycles. The number of ether oxygens (including phenoxy) is 2. The second-order valence-electron chi connectivity index (χ2n) is 4.59. The van der Waals surface area contributed by atoms with Gasteiger partial charge in [0.1, 0.15) is 23.9 Å². The topological polar surface area (TPSA) is 18.5 Å². The van der Waals surface area contributed by atoms with Crippen molar-refractivity contribution < 1.29 is 9.47 Å². The minimum Gasteiger partial charge on any atom is -0.489 e. The third-order valence-corrected chi connectivity index (χ3v) is 2.98. The smallest absolute Gasteiger partial charge is 0.131 e. The fraction of sp³-hybridized carbons (Fsp3) is 0.0526. The highest BCUT2D eigenvalue weighted by Crippen LogP contribution is 2.25. The highest BCUT2D eigenvalue weighted by atomic mass is 16.5. The highest BCUT2D eigenvalue weighted by molar-refractivity contribution is 5.36. The maximum Gasteiger partial charge on any atom is 0.131 e. The summed E-state index contributed by atoms with van der Waals surface area (Å²) in [5.74, 6) is 2.33. The lowest BCUT2D eigenvalue weighted by Crippen LogP contribution is -1.95. The monoisotopic (exact) mass is 275 g/mol. The van der Waals surface area contributed by atoms with E-state index in [9.17, 15) is 0 Å². The summed E-state index contributed by atoms with van der Waals surface area (Å²) in [5.41, 5.74) is 1.14. The van der Waals surface area contributed by atoms with Gasteiger partial charge in [0.05, 0.1) is 0 Å². The van der Waals surface area contributed by atoms with Crippen molar-refractivity contribution in [2.75, 3.05) is 0 Å². The van der Waals surface area contributed by atoms with Crippen LogP contribution >= 0.6 is 0 Å². The molecule has 0 aliphatic heterocycles. The third-order valence-electron chi connectivity index (χ3n) is 2.98. The number of hydrogen-bond donors (Lipinski definition) is 0. The Hall–Kier alpha value is -2.74. The lowest BCUT2D eigenvalue weighted by Gasteiger charge is -2.09. The highest BCUT2D eigenvalue weighted by Gasteiger charge is 2.00. The fourth-order valence-electron chi connectivity index (χ4n) is 1.94. The first-order valence-electron chi connectivity index (χ1n) is 6.81. The van der Waals surface area contributed by atoms with Crippen LogP contribution in [0.2, 0.25) is 0 Å². The van der Waals surface area contributed by atoms with Gasteiger partial charge in [0.25, 0.3) is 0 Å². The van der Waals surface area contributed by atoms with Crippen molar-refractivity contribution in [2.24, 2.45) is 0 Å². The molecular weight excluding hydrogens is 260 g/mol. The van der Waals surface area contributed by atoms with E-state index in [1.807, 2.05) is 78.9 Å². The van der Waals surface area contributed by atoms with E-state index in [-0.39, 0.29) is 0 Å². The Bertz CT molecular complexity index is 678. The first-order valence-corrected chi connectivity index (χ1v) is 6.81. The molecule has 3 aromatic rings. The molecule has 0 spiro atoms. The van der Waals surface area contributed by atoms with E-state index in [4.69, 9.17) is 9.47 Å². The van der Waals surface area contributed by atoms with Crippen molar-refractivity contribution in [3.05, 3.63) is 90.5 Å². The van der Waals surface area contributed by atoms with Gasteiger partial charge in [-0.25, -0.2) is 0 Å². The van der Waals surface area contributed by atoms with E-state index in [1.165, 1.54) is 0 Å². The van der Waals surface area contributed by atoms with Crippen LogP contribution in [0, 0.1) is 6.07 Å². The van der Waals surface area contributed by atoms with Gasteiger partial charge in [-0.05, 0) is 35.9 Å². The molecule has 0 unspecified atom stereocenters. The average molecular weight is 275 g/mol. The molecule has 0 saturated carbocycles. The SMILES string of the molecule is [c]1ccc(Oc2cccc(OCc3ccccc3)c2)cc1. The first-order chi connectivity index (χ1) is 10.4. The van der Waals surface area contributed by atoms with Crippen LogP contribution in [-0.2, 0) is 6.61 Å². The lowest BCUT2D eigenvalue weighted by atomic mass is 10.2. The van der Waals surface area contributed by atoms with Crippen LogP contribution in [0.1, 0.15) is 5.56 Å². The summed E-state index contributed by atoms with van der Waals surface area (Å²) in [4.78, 5) is 0. The standard InChI is InChI=1S/C19H15O2/c1-3-8-16(9-4-1)15-20-18-12-7-13-19(14-18)21-17-10-5-2-6-11-17/h1,3-14H,15H2. The maximum absolute atomic E-state index is 5.78. The normalized spacial score (nSPS) is 10.1. The summed E-state index contributed by atoms with van der Waals surface area (Å²) in [6.45, 7) is 0.546. The molecule has 0 bridgehead atoms. The van der Waals surface area contributed by atoms with Gasteiger partial charge in [-0.3, -0.25) is 0 Å². The number of benzene rings is 3. The summed E-state index contributed by atoms with van der Waals surface area (Å²) in [6.07, 6.45) is 0. The summed E-state index contributed by atoms with van der Waals surface area (Å²) >= 11 is 0. The molecule has 103 valence electrons. The maximum atomic E-state index is 5.78. The Morgan fingerprint density at radius 1 is 0.714 bits per heavy atom. The molecule has 2 heteroatoms. The molecule has 3 aromatic carbocycles. The van der Waals surface area contributed by atoms with Crippen molar-refractivity contribution in [1.82, 2.24) is 0 Å². The van der Waals surface area contributed by atoms with Gasteiger partial charge < -0.3 is 9.47 Å². The molecule has 21 heavy (non-hydrogen) atoms. The zero-order chi connectivity index (χ0) is 14.3. The fourth-order valence-corrected chi connectivity index (χ4v) is 1.94. The van der Waals surface area contributed by atoms with E-state index >= 15 is 0 Å². The predicted octanol–water partition coefficient (Wildman–Crippen LogP) is 4.86. The molecule has 0 atom stereocenters. The second kappa shape index (κ2) is 6.62. The van der Waals surface area contributed by atoms with Crippen molar-refractivity contribution in [1.29, 1.82) is 0 Å². The summed E-state index contributed by atoms with van der Waals surface area (Å²) in [5, 5.41) is 0. The molecule has 2 nitrogen and oxygen atoms in total. The molecule has 0 fully saturated rings. The molecule has 0 aliphatic rings. The van der Waals surface area contributed by atoms with Crippen LogP contribution < -0.4 is 9.47 Å².